The van der Waals surface area contributed by atoms with E-state index in [0.29, 0.717) is 16.3 Å². The lowest BCUT2D eigenvalue weighted by Crippen LogP contribution is -2.46. The van der Waals surface area contributed by atoms with Crippen molar-refractivity contribution in [1.82, 2.24) is 4.31 Å². The lowest BCUT2D eigenvalue weighted by atomic mass is 9.99. The first-order chi connectivity index (χ1) is 6.32. The van der Waals surface area contributed by atoms with Gasteiger partial charge in [-0.2, -0.15) is 0 Å². The molecule has 1 atom stereocenters. The van der Waals surface area contributed by atoms with Crippen LogP contribution in [0.3, 0.4) is 0 Å². The molecule has 1 saturated heterocycles. The molecular weight excluding hydrogens is 221 g/mol. The monoisotopic (exact) mass is 233 g/mol. The maximum atomic E-state index is 11.3. The highest BCUT2D eigenvalue weighted by molar-refractivity contribution is 7.88. The van der Waals surface area contributed by atoms with Crippen molar-refractivity contribution in [2.75, 3.05) is 19.3 Å². The van der Waals surface area contributed by atoms with Crippen LogP contribution in [-0.4, -0.2) is 58.8 Å². The lowest BCUT2D eigenvalue weighted by Gasteiger charge is -2.28. The van der Waals surface area contributed by atoms with Gasteiger partial charge in [0.05, 0.1) is 16.8 Å². The minimum atomic E-state index is -3.27. The molecule has 0 aromatic rings. The average molecular weight is 233 g/mol. The maximum absolute atomic E-state index is 11.3. The Morgan fingerprint density at radius 1 is 1.57 bits per heavy atom. The number of hydrogen-bond donors (Lipinski definition) is 0. The number of carbonyl (C=O) groups is 2. The predicted octanol–water partition coefficient (Wildman–Crippen LogP) is -2.00. The van der Waals surface area contributed by atoms with Gasteiger partial charge in [0.2, 0.25) is 10.0 Å². The molecule has 0 spiro atoms. The summed E-state index contributed by atoms with van der Waals surface area (Å²) in [7, 11) is -3.27. The van der Waals surface area contributed by atoms with Crippen LogP contribution in [0.4, 0.5) is 0 Å². The second-order valence-corrected chi connectivity index (χ2v) is 6.47. The smallest absolute Gasteiger partial charge is 0.320 e. The van der Waals surface area contributed by atoms with E-state index in [1.54, 1.807) is 0 Å². The zero-order valence-electron chi connectivity index (χ0n) is 8.19. The van der Waals surface area contributed by atoms with E-state index in [-0.39, 0.29) is 29.9 Å². The number of ketones is 1. The molecular formula is C7H12AlNO4S. The van der Waals surface area contributed by atoms with Gasteiger partial charge in [0.25, 0.3) is 0 Å². The van der Waals surface area contributed by atoms with E-state index in [1.807, 2.05) is 0 Å². The molecule has 1 aliphatic heterocycles. The number of piperidine rings is 1. The van der Waals surface area contributed by atoms with Gasteiger partial charge in [-0.25, -0.2) is 12.7 Å². The van der Waals surface area contributed by atoms with Crippen LogP contribution in [0.2, 0.25) is 0 Å². The van der Waals surface area contributed by atoms with Gasteiger partial charge in [0.15, 0.2) is 0 Å². The Labute approximate surface area is 90.9 Å². The summed E-state index contributed by atoms with van der Waals surface area (Å²) in [6.07, 6.45) is 1.25. The molecule has 0 N–H and O–H groups in total. The van der Waals surface area contributed by atoms with Gasteiger partial charge in [-0.3, -0.25) is 4.79 Å². The summed E-state index contributed by atoms with van der Waals surface area (Å²) in [5, 5.41) is 0. The van der Waals surface area contributed by atoms with Crippen molar-refractivity contribution in [2.24, 2.45) is 5.92 Å². The molecule has 78 valence electrons. The number of rotatable bonds is 2. The summed E-state index contributed by atoms with van der Waals surface area (Å²) in [6.45, 7) is 0.253. The van der Waals surface area contributed by atoms with Gasteiger partial charge in [-0.15, -0.1) is 0 Å². The van der Waals surface area contributed by atoms with E-state index < -0.39 is 15.9 Å². The van der Waals surface area contributed by atoms with Crippen molar-refractivity contribution in [2.45, 2.75) is 6.42 Å². The molecule has 0 amide bonds. The summed E-state index contributed by atoms with van der Waals surface area (Å²) in [5.74, 6) is -0.824. The summed E-state index contributed by atoms with van der Waals surface area (Å²) >= 11 is 0.295. The highest BCUT2D eigenvalue weighted by Gasteiger charge is 2.33. The fourth-order valence-electron chi connectivity index (χ4n) is 1.46. The van der Waals surface area contributed by atoms with Crippen LogP contribution in [0.25, 0.3) is 0 Å². The SMILES string of the molecule is CS(=O)(=O)N1CCC(=O)C([C](=O)[AlH2])C1. The van der Waals surface area contributed by atoms with Crippen LogP contribution >= 0.6 is 0 Å². The topological polar surface area (TPSA) is 71.5 Å². The largest absolute Gasteiger partial charge is 0.321 e. The van der Waals surface area contributed by atoms with Gasteiger partial charge in [-0.05, 0) is 0 Å². The Morgan fingerprint density at radius 3 is 2.57 bits per heavy atom. The first-order valence-electron chi connectivity index (χ1n) is 4.30. The highest BCUT2D eigenvalue weighted by atomic mass is 32.2. The lowest BCUT2D eigenvalue weighted by molar-refractivity contribution is -0.131. The molecule has 14 heavy (non-hydrogen) atoms. The molecule has 1 fully saturated rings. The zero-order valence-corrected chi connectivity index (χ0v) is 11.0. The summed E-state index contributed by atoms with van der Waals surface area (Å²) in [5.41, 5.74) is 0. The highest BCUT2D eigenvalue weighted by Crippen LogP contribution is 2.15. The van der Waals surface area contributed by atoms with E-state index in [2.05, 4.69) is 0 Å². The van der Waals surface area contributed by atoms with Crippen LogP contribution in [0.5, 0.6) is 0 Å². The first-order valence-corrected chi connectivity index (χ1v) is 7.15. The van der Waals surface area contributed by atoms with E-state index in [4.69, 9.17) is 0 Å². The van der Waals surface area contributed by atoms with E-state index in [0.717, 1.165) is 6.26 Å². The van der Waals surface area contributed by atoms with Gasteiger partial charge in [0.1, 0.15) is 5.78 Å². The van der Waals surface area contributed by atoms with E-state index in [1.165, 1.54) is 4.31 Å². The molecule has 1 unspecified atom stereocenters. The van der Waals surface area contributed by atoms with Gasteiger partial charge >= 0.3 is 16.3 Å². The fraction of sp³-hybridized carbons (Fsp3) is 0.714. The molecule has 5 nitrogen and oxygen atoms in total. The third kappa shape index (κ3) is 2.64. The van der Waals surface area contributed by atoms with Crippen LogP contribution in [0, 0.1) is 5.92 Å². The summed E-state index contributed by atoms with van der Waals surface area (Å²) < 4.78 is 23.4. The van der Waals surface area contributed by atoms with Crippen LogP contribution in [0.1, 0.15) is 6.42 Å². The molecule has 0 aromatic carbocycles. The molecule has 1 rings (SSSR count). The van der Waals surface area contributed by atoms with Crippen LogP contribution in [-0.2, 0) is 19.6 Å². The number of carbonyl (C=O) groups excluding carboxylic acids is 2. The van der Waals surface area contributed by atoms with Crippen molar-refractivity contribution < 1.29 is 18.0 Å². The van der Waals surface area contributed by atoms with Crippen LogP contribution in [0.15, 0.2) is 0 Å². The molecule has 7 heteroatoms. The van der Waals surface area contributed by atoms with Crippen molar-refractivity contribution in [1.29, 1.82) is 0 Å². The van der Waals surface area contributed by atoms with Gasteiger partial charge in [-0.1, -0.05) is 0 Å². The first kappa shape index (κ1) is 11.9. The minimum absolute atomic E-state index is 0.0417. The summed E-state index contributed by atoms with van der Waals surface area (Å²) in [4.78, 5) is 22.4. The Balaban J connectivity index is 2.82. The molecule has 0 aromatic heterocycles. The minimum Gasteiger partial charge on any atom is -0.321 e. The second kappa shape index (κ2) is 4.11. The van der Waals surface area contributed by atoms with Crippen molar-refractivity contribution in [3.8, 4) is 0 Å². The maximum Gasteiger partial charge on any atom is 0.320 e. The Bertz CT molecular complexity index is 364. The third-order valence-electron chi connectivity index (χ3n) is 2.34. The Hall–Kier alpha value is -0.218. The number of hydrogen-bond acceptors (Lipinski definition) is 4. The Morgan fingerprint density at radius 2 is 2.14 bits per heavy atom. The standard InChI is InChI=1S/C7H10NO4S.Al.2H/c1-13(11,12)8-3-2-7(10)6(4-8)5-9;;;/h6H,2-4H2,1H3;;;. The summed E-state index contributed by atoms with van der Waals surface area (Å²) in [6, 6.07) is 0. The van der Waals surface area contributed by atoms with Crippen LogP contribution < -0.4 is 0 Å². The van der Waals surface area contributed by atoms with Gasteiger partial charge < -0.3 is 4.79 Å². The normalized spacial score (nSPS) is 24.9. The Kier molecular flexibility index (Phi) is 3.48. The number of sulfonamides is 1. The number of Topliss-reactive ketones (excluding diaryl/α,β-unsaturated/α-hetero) is 1. The van der Waals surface area contributed by atoms with E-state index >= 15 is 0 Å². The van der Waals surface area contributed by atoms with Gasteiger partial charge in [0, 0.05) is 19.5 Å². The second-order valence-electron chi connectivity index (χ2n) is 3.50. The molecule has 0 aliphatic carbocycles. The molecule has 0 bridgehead atoms. The average Bonchev–Trinajstić information content (AvgIpc) is 2.02. The third-order valence-corrected chi connectivity index (χ3v) is 4.31. The number of nitrogens with zero attached hydrogens (tertiary/aromatic N) is 1. The zero-order chi connectivity index (χ0) is 10.9. The predicted molar refractivity (Wildman–Crippen MR) is 53.1 cm³/mol. The van der Waals surface area contributed by atoms with Crippen molar-refractivity contribution in [3.05, 3.63) is 0 Å². The molecule has 1 aliphatic rings. The molecule has 1 heterocycles. The van der Waals surface area contributed by atoms with Crippen molar-refractivity contribution in [3.63, 3.8) is 0 Å². The van der Waals surface area contributed by atoms with E-state index in [9.17, 15) is 18.0 Å². The molecule has 0 saturated carbocycles. The molecule has 0 radical (unpaired) electrons. The quantitative estimate of drug-likeness (QED) is 0.408. The van der Waals surface area contributed by atoms with Crippen molar-refractivity contribution >= 4 is 36.7 Å². The fourth-order valence-corrected chi connectivity index (χ4v) is 2.81.